The molecule has 0 atom stereocenters. The maximum Gasteiger partial charge on any atom is 0.241 e. The number of benzene rings is 1. The standard InChI is InChI=1S/C13H21N3O2/c1-5-16(9-13(17)15(2)3)10-6-7-11(14)12(8-10)18-4/h6-8H,5,9,14H2,1-4H3. The van der Waals surface area contributed by atoms with Crippen molar-refractivity contribution in [2.24, 2.45) is 0 Å². The number of carbonyl (C=O) groups is 1. The van der Waals surface area contributed by atoms with Gasteiger partial charge >= 0.3 is 0 Å². The van der Waals surface area contributed by atoms with E-state index in [1.165, 1.54) is 0 Å². The zero-order valence-corrected chi connectivity index (χ0v) is 11.4. The highest BCUT2D eigenvalue weighted by Gasteiger charge is 2.12. The first-order valence-corrected chi connectivity index (χ1v) is 5.88. The number of methoxy groups -OCH3 is 1. The summed E-state index contributed by atoms with van der Waals surface area (Å²) >= 11 is 0. The molecule has 0 bridgehead atoms. The summed E-state index contributed by atoms with van der Waals surface area (Å²) in [5, 5.41) is 0. The number of carbonyl (C=O) groups excluding carboxylic acids is 1. The molecular weight excluding hydrogens is 230 g/mol. The van der Waals surface area contributed by atoms with Crippen LogP contribution in [0.2, 0.25) is 0 Å². The molecule has 1 amide bonds. The molecule has 1 aromatic rings. The lowest BCUT2D eigenvalue weighted by Crippen LogP contribution is -2.36. The molecule has 0 aliphatic heterocycles. The van der Waals surface area contributed by atoms with Gasteiger partial charge in [-0.15, -0.1) is 0 Å². The molecule has 0 saturated carbocycles. The van der Waals surface area contributed by atoms with Crippen LogP contribution in [-0.4, -0.2) is 45.1 Å². The van der Waals surface area contributed by atoms with Gasteiger partial charge in [0.2, 0.25) is 5.91 Å². The second-order valence-electron chi connectivity index (χ2n) is 4.23. The van der Waals surface area contributed by atoms with Gasteiger partial charge in [0, 0.05) is 32.4 Å². The molecule has 0 unspecified atom stereocenters. The second kappa shape index (κ2) is 6.14. The molecule has 0 fully saturated rings. The lowest BCUT2D eigenvalue weighted by Gasteiger charge is -2.24. The van der Waals surface area contributed by atoms with Gasteiger partial charge in [-0.1, -0.05) is 0 Å². The van der Waals surface area contributed by atoms with Crippen LogP contribution in [0.4, 0.5) is 11.4 Å². The third-order valence-electron chi connectivity index (χ3n) is 2.79. The maximum atomic E-state index is 11.7. The summed E-state index contributed by atoms with van der Waals surface area (Å²) in [5.74, 6) is 0.691. The average molecular weight is 251 g/mol. The Hall–Kier alpha value is -1.91. The fourth-order valence-electron chi connectivity index (χ4n) is 1.59. The SMILES string of the molecule is CCN(CC(=O)N(C)C)c1ccc(N)c(OC)c1. The Labute approximate surface area is 108 Å². The smallest absolute Gasteiger partial charge is 0.241 e. The van der Waals surface area contributed by atoms with Crippen LogP contribution in [0.3, 0.4) is 0 Å². The third kappa shape index (κ3) is 3.29. The second-order valence-corrected chi connectivity index (χ2v) is 4.23. The lowest BCUT2D eigenvalue weighted by molar-refractivity contribution is -0.127. The minimum Gasteiger partial charge on any atom is -0.495 e. The first-order chi connectivity index (χ1) is 8.49. The van der Waals surface area contributed by atoms with E-state index in [0.29, 0.717) is 18.0 Å². The van der Waals surface area contributed by atoms with Crippen LogP contribution >= 0.6 is 0 Å². The van der Waals surface area contributed by atoms with Gasteiger partial charge in [0.05, 0.1) is 19.3 Å². The Morgan fingerprint density at radius 3 is 2.56 bits per heavy atom. The van der Waals surface area contributed by atoms with E-state index >= 15 is 0 Å². The van der Waals surface area contributed by atoms with E-state index in [4.69, 9.17) is 10.5 Å². The van der Waals surface area contributed by atoms with Crippen molar-refractivity contribution in [3.8, 4) is 5.75 Å². The van der Waals surface area contributed by atoms with E-state index in [1.54, 1.807) is 32.2 Å². The highest BCUT2D eigenvalue weighted by Crippen LogP contribution is 2.27. The van der Waals surface area contributed by atoms with Crippen LogP contribution in [-0.2, 0) is 4.79 Å². The fraction of sp³-hybridized carbons (Fsp3) is 0.462. The number of amides is 1. The van der Waals surface area contributed by atoms with E-state index in [9.17, 15) is 4.79 Å². The molecule has 0 heterocycles. The largest absolute Gasteiger partial charge is 0.495 e. The molecule has 1 aromatic carbocycles. The van der Waals surface area contributed by atoms with Crippen LogP contribution in [0.15, 0.2) is 18.2 Å². The van der Waals surface area contributed by atoms with Crippen molar-refractivity contribution in [1.82, 2.24) is 4.90 Å². The van der Waals surface area contributed by atoms with E-state index in [1.807, 2.05) is 24.0 Å². The molecule has 1 rings (SSSR count). The number of hydrogen-bond acceptors (Lipinski definition) is 4. The molecule has 5 nitrogen and oxygen atoms in total. The molecular formula is C13H21N3O2. The van der Waals surface area contributed by atoms with Crippen molar-refractivity contribution >= 4 is 17.3 Å². The Balaban J connectivity index is 2.91. The third-order valence-corrected chi connectivity index (χ3v) is 2.79. The topological polar surface area (TPSA) is 58.8 Å². The number of nitrogens with two attached hydrogens (primary N) is 1. The predicted molar refractivity (Wildman–Crippen MR) is 74.0 cm³/mol. The van der Waals surface area contributed by atoms with Gasteiger partial charge in [-0.05, 0) is 19.1 Å². The Morgan fingerprint density at radius 1 is 1.39 bits per heavy atom. The Morgan fingerprint density at radius 2 is 2.06 bits per heavy atom. The van der Waals surface area contributed by atoms with E-state index in [0.717, 1.165) is 12.2 Å². The summed E-state index contributed by atoms with van der Waals surface area (Å²) in [5.41, 5.74) is 7.30. The van der Waals surface area contributed by atoms with Crippen molar-refractivity contribution in [1.29, 1.82) is 0 Å². The quantitative estimate of drug-likeness (QED) is 0.799. The summed E-state index contributed by atoms with van der Waals surface area (Å²) < 4.78 is 5.19. The van der Waals surface area contributed by atoms with Crippen molar-refractivity contribution in [3.63, 3.8) is 0 Å². The number of rotatable bonds is 5. The van der Waals surface area contributed by atoms with E-state index in [2.05, 4.69) is 0 Å². The van der Waals surface area contributed by atoms with Crippen LogP contribution in [0, 0.1) is 0 Å². The molecule has 0 spiro atoms. The summed E-state index contributed by atoms with van der Waals surface area (Å²) in [7, 11) is 5.08. The first kappa shape index (κ1) is 14.2. The number of anilines is 2. The van der Waals surface area contributed by atoms with Crippen LogP contribution in [0.5, 0.6) is 5.75 Å². The monoisotopic (exact) mass is 251 g/mol. The van der Waals surface area contributed by atoms with E-state index in [-0.39, 0.29) is 5.91 Å². The molecule has 0 saturated heterocycles. The van der Waals surface area contributed by atoms with Crippen molar-refractivity contribution in [2.75, 3.05) is 44.9 Å². The number of hydrogen-bond donors (Lipinski definition) is 1. The minimum absolute atomic E-state index is 0.0626. The molecule has 0 aliphatic rings. The minimum atomic E-state index is 0.0626. The predicted octanol–water partition coefficient (Wildman–Crippen LogP) is 1.19. The van der Waals surface area contributed by atoms with Crippen molar-refractivity contribution in [2.45, 2.75) is 6.92 Å². The number of likely N-dealkylation sites (N-methyl/N-ethyl adjacent to an activating group) is 2. The first-order valence-electron chi connectivity index (χ1n) is 5.88. The molecule has 0 aromatic heterocycles. The maximum absolute atomic E-state index is 11.7. The van der Waals surface area contributed by atoms with Gasteiger partial charge < -0.3 is 20.3 Å². The fourth-order valence-corrected chi connectivity index (χ4v) is 1.59. The number of nitrogen functional groups attached to an aromatic ring is 1. The average Bonchev–Trinajstić information content (AvgIpc) is 2.36. The van der Waals surface area contributed by atoms with Crippen LogP contribution in [0.25, 0.3) is 0 Å². The van der Waals surface area contributed by atoms with Crippen LogP contribution in [0.1, 0.15) is 6.92 Å². The Kier molecular flexibility index (Phi) is 4.83. The van der Waals surface area contributed by atoms with Gasteiger partial charge in [0.25, 0.3) is 0 Å². The normalized spacial score (nSPS) is 10.0. The number of nitrogens with zero attached hydrogens (tertiary/aromatic N) is 2. The van der Waals surface area contributed by atoms with Crippen molar-refractivity contribution < 1.29 is 9.53 Å². The molecule has 0 aliphatic carbocycles. The lowest BCUT2D eigenvalue weighted by atomic mass is 10.2. The van der Waals surface area contributed by atoms with Gasteiger partial charge in [-0.3, -0.25) is 4.79 Å². The summed E-state index contributed by atoms with van der Waals surface area (Å²) in [6.07, 6.45) is 0. The summed E-state index contributed by atoms with van der Waals surface area (Å²) in [6, 6.07) is 5.53. The molecule has 100 valence electrons. The zero-order chi connectivity index (χ0) is 13.7. The number of ether oxygens (including phenoxy) is 1. The van der Waals surface area contributed by atoms with Gasteiger partial charge in [0.15, 0.2) is 0 Å². The van der Waals surface area contributed by atoms with Gasteiger partial charge in [0.1, 0.15) is 5.75 Å². The van der Waals surface area contributed by atoms with Gasteiger partial charge in [-0.2, -0.15) is 0 Å². The molecule has 18 heavy (non-hydrogen) atoms. The van der Waals surface area contributed by atoms with E-state index < -0.39 is 0 Å². The van der Waals surface area contributed by atoms with Gasteiger partial charge in [-0.25, -0.2) is 0 Å². The molecule has 2 N–H and O–H groups in total. The van der Waals surface area contributed by atoms with Crippen molar-refractivity contribution in [3.05, 3.63) is 18.2 Å². The highest BCUT2D eigenvalue weighted by atomic mass is 16.5. The highest BCUT2D eigenvalue weighted by molar-refractivity contribution is 5.81. The Bertz CT molecular complexity index is 419. The molecule has 5 heteroatoms. The molecule has 0 radical (unpaired) electrons. The summed E-state index contributed by atoms with van der Waals surface area (Å²) in [4.78, 5) is 15.3. The zero-order valence-electron chi connectivity index (χ0n) is 11.4. The van der Waals surface area contributed by atoms with Crippen LogP contribution < -0.4 is 15.4 Å². The summed E-state index contributed by atoms with van der Waals surface area (Å²) in [6.45, 7) is 3.09.